The number of benzene rings is 1. The van der Waals surface area contributed by atoms with Crippen LogP contribution >= 0.6 is 9.39 Å². The summed E-state index contributed by atoms with van der Waals surface area (Å²) in [5.74, 6) is 2.56. The summed E-state index contributed by atoms with van der Waals surface area (Å²) in [6.07, 6.45) is 15.0. The summed E-state index contributed by atoms with van der Waals surface area (Å²) in [7, 11) is 2.90. The average Bonchev–Trinajstić information content (AvgIpc) is 3.23. The van der Waals surface area contributed by atoms with Crippen molar-refractivity contribution >= 4 is 15.1 Å². The quantitative estimate of drug-likeness (QED) is 0.551. The van der Waals surface area contributed by atoms with E-state index in [1.165, 1.54) is 88.6 Å². The van der Waals surface area contributed by atoms with Crippen molar-refractivity contribution in [2.45, 2.75) is 76.7 Å². The van der Waals surface area contributed by atoms with Gasteiger partial charge in [-0.25, -0.2) is 0 Å². The Morgan fingerprint density at radius 1 is 0.821 bits per heavy atom. The minimum Gasteiger partial charge on any atom is -0.387 e. The first kappa shape index (κ1) is 20.4. The second-order valence-corrected chi connectivity index (χ2v) is 9.92. The Balaban J connectivity index is 1.31. The largest absolute Gasteiger partial charge is 0.387 e. The maximum Gasteiger partial charge on any atom is 0.157 e. The first-order chi connectivity index (χ1) is 13.8. The molecule has 4 rings (SSSR count). The molecule has 4 unspecified atom stereocenters. The molecule has 1 saturated heterocycles. The fraction of sp³-hybridized carbons (Fsp3) is 0.708. The minimum absolute atomic E-state index is 0.136. The van der Waals surface area contributed by atoms with Gasteiger partial charge in [0.25, 0.3) is 0 Å². The third-order valence-electron chi connectivity index (χ3n) is 7.33. The monoisotopic (exact) mass is 400 g/mol. The third-order valence-corrected chi connectivity index (χ3v) is 7.85. The fourth-order valence-corrected chi connectivity index (χ4v) is 5.87. The van der Waals surface area contributed by atoms with Crippen molar-refractivity contribution in [1.29, 1.82) is 0 Å². The second-order valence-electron chi connectivity index (χ2n) is 9.19. The van der Waals surface area contributed by atoms with Gasteiger partial charge in [-0.3, -0.25) is 4.67 Å². The van der Waals surface area contributed by atoms with E-state index in [4.69, 9.17) is 4.84 Å². The van der Waals surface area contributed by atoms with Crippen LogP contribution in [0.5, 0.6) is 0 Å². The van der Waals surface area contributed by atoms with Gasteiger partial charge in [-0.2, -0.15) is 0 Å². The first-order valence-electron chi connectivity index (χ1n) is 11.6. The van der Waals surface area contributed by atoms with Crippen molar-refractivity contribution in [1.82, 2.24) is 4.67 Å². The smallest absolute Gasteiger partial charge is 0.157 e. The van der Waals surface area contributed by atoms with Gasteiger partial charge in [0.2, 0.25) is 0 Å². The summed E-state index contributed by atoms with van der Waals surface area (Å²) in [6, 6.07) is 10.6. The molecule has 2 fully saturated rings. The molecule has 0 spiro atoms. The number of nitrogens with zero attached hydrogens (tertiary/aromatic N) is 2. The van der Waals surface area contributed by atoms with E-state index in [1.54, 1.807) is 0 Å². The lowest BCUT2D eigenvalue weighted by atomic mass is 9.76. The van der Waals surface area contributed by atoms with Crippen LogP contribution in [0.25, 0.3) is 0 Å². The van der Waals surface area contributed by atoms with E-state index >= 15 is 0 Å². The van der Waals surface area contributed by atoms with E-state index in [0.717, 1.165) is 18.3 Å². The van der Waals surface area contributed by atoms with Crippen LogP contribution in [0.4, 0.5) is 0 Å². The van der Waals surface area contributed by atoms with Gasteiger partial charge in [-0.15, -0.1) is 0 Å². The van der Waals surface area contributed by atoms with Crippen molar-refractivity contribution in [3.63, 3.8) is 0 Å². The Morgan fingerprint density at radius 3 is 2.32 bits per heavy atom. The van der Waals surface area contributed by atoms with E-state index in [9.17, 15) is 0 Å². The Morgan fingerprint density at radius 2 is 1.50 bits per heavy atom. The van der Waals surface area contributed by atoms with Crippen LogP contribution in [0.2, 0.25) is 0 Å². The predicted octanol–water partition coefficient (Wildman–Crippen LogP) is 6.37. The van der Waals surface area contributed by atoms with Crippen molar-refractivity contribution in [3.8, 4) is 0 Å². The molecule has 28 heavy (non-hydrogen) atoms. The zero-order valence-electron chi connectivity index (χ0n) is 17.3. The molecule has 154 valence electrons. The summed E-state index contributed by atoms with van der Waals surface area (Å²) in [5.41, 5.74) is 2.60. The molecule has 3 aliphatic rings. The van der Waals surface area contributed by atoms with Crippen molar-refractivity contribution in [2.75, 3.05) is 13.1 Å². The molecular weight excluding hydrogens is 363 g/mol. The van der Waals surface area contributed by atoms with Gasteiger partial charge in [0.15, 0.2) is 6.10 Å². The molecule has 4 heteroatoms. The van der Waals surface area contributed by atoms with Gasteiger partial charge >= 0.3 is 0 Å². The van der Waals surface area contributed by atoms with Crippen LogP contribution in [-0.4, -0.2) is 23.5 Å². The van der Waals surface area contributed by atoms with Crippen molar-refractivity contribution in [2.24, 2.45) is 22.9 Å². The number of rotatable bonds is 3. The molecule has 1 aromatic carbocycles. The highest BCUT2D eigenvalue weighted by Crippen LogP contribution is 2.37. The Labute approximate surface area is 173 Å². The van der Waals surface area contributed by atoms with Crippen molar-refractivity contribution in [3.05, 3.63) is 35.9 Å². The lowest BCUT2D eigenvalue weighted by Crippen LogP contribution is -2.30. The summed E-state index contributed by atoms with van der Waals surface area (Å²) < 4.78 is 2.42. The molecule has 1 saturated carbocycles. The maximum absolute atomic E-state index is 5.84. The molecule has 2 aliphatic heterocycles. The average molecular weight is 401 g/mol. The molecule has 1 aliphatic carbocycles. The highest BCUT2D eigenvalue weighted by molar-refractivity contribution is 7.13. The molecule has 1 aromatic rings. The standard InChI is InChI=1S/C24H37N2OP/c28-26-16-14-20(15-17-26)19-8-3-1-4-9-21(13-7-12-19)23-18-24(27-25-23)22-10-5-2-6-11-22/h2,5-6,10-11,19-21,24H,1,3-4,7-9,12-18,28H2. The van der Waals surface area contributed by atoms with Gasteiger partial charge in [-0.05, 0) is 43.1 Å². The van der Waals surface area contributed by atoms with Gasteiger partial charge in [0.05, 0.1) is 5.71 Å². The summed E-state index contributed by atoms with van der Waals surface area (Å²) >= 11 is 0. The third kappa shape index (κ3) is 5.36. The highest BCUT2D eigenvalue weighted by atomic mass is 31.0. The van der Waals surface area contributed by atoms with E-state index in [1.807, 2.05) is 0 Å². The molecule has 0 amide bonds. The van der Waals surface area contributed by atoms with Gasteiger partial charge in [-0.1, -0.05) is 83.4 Å². The van der Waals surface area contributed by atoms with E-state index < -0.39 is 0 Å². The molecule has 3 nitrogen and oxygen atoms in total. The van der Waals surface area contributed by atoms with Crippen LogP contribution in [0.15, 0.2) is 35.5 Å². The normalized spacial score (nSPS) is 31.2. The maximum atomic E-state index is 5.84. The number of oxime groups is 1. The Kier molecular flexibility index (Phi) is 7.42. The molecule has 0 bridgehead atoms. The zero-order chi connectivity index (χ0) is 19.2. The van der Waals surface area contributed by atoms with Crippen LogP contribution < -0.4 is 0 Å². The molecule has 2 heterocycles. The summed E-state index contributed by atoms with van der Waals surface area (Å²) in [6.45, 7) is 2.53. The minimum atomic E-state index is 0.136. The van der Waals surface area contributed by atoms with Crippen LogP contribution in [-0.2, 0) is 4.84 Å². The summed E-state index contributed by atoms with van der Waals surface area (Å²) in [4.78, 5) is 5.84. The first-order valence-corrected chi connectivity index (χ1v) is 12.1. The van der Waals surface area contributed by atoms with Gasteiger partial charge in [0, 0.05) is 25.4 Å². The van der Waals surface area contributed by atoms with Gasteiger partial charge < -0.3 is 4.84 Å². The Bertz CT molecular complexity index is 627. The van der Waals surface area contributed by atoms with Crippen LogP contribution in [0.3, 0.4) is 0 Å². The topological polar surface area (TPSA) is 24.8 Å². The molecular formula is C24H37N2OP. The second kappa shape index (κ2) is 10.2. The van der Waals surface area contributed by atoms with Crippen LogP contribution in [0, 0.1) is 17.8 Å². The lowest BCUT2D eigenvalue weighted by Gasteiger charge is -2.35. The number of hydrogen-bond acceptors (Lipinski definition) is 3. The van der Waals surface area contributed by atoms with E-state index in [0.29, 0.717) is 5.92 Å². The molecule has 0 aromatic heterocycles. The fourth-order valence-electron chi connectivity index (χ4n) is 5.57. The lowest BCUT2D eigenvalue weighted by molar-refractivity contribution is 0.0856. The molecule has 4 atom stereocenters. The highest BCUT2D eigenvalue weighted by Gasteiger charge is 2.30. The van der Waals surface area contributed by atoms with Crippen LogP contribution in [0.1, 0.15) is 82.3 Å². The van der Waals surface area contributed by atoms with E-state index in [-0.39, 0.29) is 6.10 Å². The predicted molar refractivity (Wildman–Crippen MR) is 120 cm³/mol. The van der Waals surface area contributed by atoms with E-state index in [2.05, 4.69) is 49.5 Å². The number of piperidine rings is 1. The Hall–Kier alpha value is -0.920. The SMILES string of the molecule is PN1CCC(C2CCCCCC(C3=NOC(c4ccccc4)C3)CCC2)CC1. The molecule has 0 N–H and O–H groups in total. The summed E-state index contributed by atoms with van der Waals surface area (Å²) in [5, 5.41) is 4.57. The van der Waals surface area contributed by atoms with Crippen molar-refractivity contribution < 1.29 is 4.84 Å². The van der Waals surface area contributed by atoms with Gasteiger partial charge in [0.1, 0.15) is 0 Å². The number of hydrogen-bond donors (Lipinski definition) is 0. The zero-order valence-corrected chi connectivity index (χ0v) is 18.4. The molecule has 0 radical (unpaired) electrons.